The van der Waals surface area contributed by atoms with Gasteiger partial charge in [0.2, 0.25) is 11.8 Å². The molecule has 0 radical (unpaired) electrons. The van der Waals surface area contributed by atoms with Crippen LogP contribution in [0.15, 0.2) is 18.2 Å². The fraction of sp³-hybridized carbons (Fsp3) is 0.471. The summed E-state index contributed by atoms with van der Waals surface area (Å²) in [6, 6.07) is 4.77. The van der Waals surface area contributed by atoms with E-state index in [1.807, 2.05) is 0 Å². The van der Waals surface area contributed by atoms with Crippen molar-refractivity contribution in [3.05, 3.63) is 18.2 Å². The third-order valence-electron chi connectivity index (χ3n) is 4.19. The summed E-state index contributed by atoms with van der Waals surface area (Å²) >= 11 is 0. The van der Waals surface area contributed by atoms with E-state index in [-0.39, 0.29) is 12.5 Å². The van der Waals surface area contributed by atoms with Gasteiger partial charge in [-0.15, -0.1) is 0 Å². The summed E-state index contributed by atoms with van der Waals surface area (Å²) in [6.07, 6.45) is 0.557. The number of rotatable bonds is 8. The van der Waals surface area contributed by atoms with Gasteiger partial charge in [0.1, 0.15) is 18.0 Å². The van der Waals surface area contributed by atoms with Crippen LogP contribution in [0.5, 0.6) is 11.5 Å². The average Bonchev–Trinajstić information content (AvgIpc) is 3.01. The molecule has 1 saturated heterocycles. The summed E-state index contributed by atoms with van der Waals surface area (Å²) in [4.78, 5) is 38.3. The molecule has 0 aliphatic carbocycles. The van der Waals surface area contributed by atoms with Crippen LogP contribution in [-0.4, -0.2) is 74.7 Å². The summed E-state index contributed by atoms with van der Waals surface area (Å²) in [5, 5.41) is 10.9. The molecule has 0 bridgehead atoms. The Kier molecular flexibility index (Phi) is 6.40. The highest BCUT2D eigenvalue weighted by Crippen LogP contribution is 2.31. The predicted molar refractivity (Wildman–Crippen MR) is 93.6 cm³/mol. The van der Waals surface area contributed by atoms with E-state index in [0.717, 1.165) is 0 Å². The number of hydrogen-bond acceptors (Lipinski definition) is 6. The van der Waals surface area contributed by atoms with Crippen LogP contribution in [0.25, 0.3) is 0 Å². The number of carbonyl (C=O) groups excluding carboxylic acids is 2. The van der Waals surface area contributed by atoms with E-state index in [0.29, 0.717) is 30.2 Å². The van der Waals surface area contributed by atoms with E-state index >= 15 is 0 Å². The molecule has 2 N–H and O–H groups in total. The number of methoxy groups -OCH3 is 2. The van der Waals surface area contributed by atoms with E-state index < -0.39 is 24.5 Å². The molecule has 1 heterocycles. The van der Waals surface area contributed by atoms with Gasteiger partial charge < -0.3 is 24.8 Å². The highest BCUT2D eigenvalue weighted by molar-refractivity contribution is 6.00. The smallest absolute Gasteiger partial charge is 0.322 e. The number of nitrogens with one attached hydrogen (secondary N) is 1. The number of hydrogen-bond donors (Lipinski definition) is 2. The molecule has 0 aromatic heterocycles. The normalized spacial score (nSPS) is 16.7. The maximum absolute atomic E-state index is 12.8. The molecule has 1 unspecified atom stereocenters. The largest absolute Gasteiger partial charge is 0.497 e. The molecule has 1 atom stereocenters. The lowest BCUT2D eigenvalue weighted by atomic mass is 10.2. The molecule has 142 valence electrons. The van der Waals surface area contributed by atoms with Crippen molar-refractivity contribution in [3.8, 4) is 11.5 Å². The van der Waals surface area contributed by atoms with Crippen molar-refractivity contribution >= 4 is 23.5 Å². The lowest BCUT2D eigenvalue weighted by molar-refractivity contribution is -0.138. The minimum absolute atomic E-state index is 0.0566. The van der Waals surface area contributed by atoms with Crippen molar-refractivity contribution in [1.29, 1.82) is 0 Å². The maximum atomic E-state index is 12.8. The minimum atomic E-state index is -1.11. The number of nitrogens with zero attached hydrogens (tertiary/aromatic N) is 2. The molecular formula is C17H23N3O6. The zero-order valence-corrected chi connectivity index (χ0v) is 15.0. The Balaban J connectivity index is 2.05. The molecule has 9 heteroatoms. The number of anilines is 1. The van der Waals surface area contributed by atoms with Crippen LogP contribution in [0.2, 0.25) is 0 Å². The second kappa shape index (κ2) is 8.52. The Hall–Kier alpha value is -2.81. The van der Waals surface area contributed by atoms with Crippen molar-refractivity contribution < 1.29 is 29.0 Å². The van der Waals surface area contributed by atoms with Gasteiger partial charge in [-0.05, 0) is 13.5 Å². The van der Waals surface area contributed by atoms with Crippen LogP contribution in [0.1, 0.15) is 6.42 Å². The quantitative estimate of drug-likeness (QED) is 0.664. The standard InChI is InChI=1S/C17H23N3O6/c1-19(10-15(21)18-9-16(22)23)14-4-5-20(17(14)24)11-6-12(25-2)8-13(7-11)26-3/h6-8,14H,4-5,9-10H2,1-3H3,(H,18,21)(H,22,23). The maximum Gasteiger partial charge on any atom is 0.322 e. The third-order valence-corrected chi connectivity index (χ3v) is 4.19. The van der Waals surface area contributed by atoms with Gasteiger partial charge in [-0.3, -0.25) is 19.3 Å². The molecule has 1 aromatic carbocycles. The van der Waals surface area contributed by atoms with E-state index in [9.17, 15) is 14.4 Å². The van der Waals surface area contributed by atoms with E-state index in [1.54, 1.807) is 35.0 Å². The molecule has 1 aromatic rings. The van der Waals surface area contributed by atoms with Crippen LogP contribution in [0.3, 0.4) is 0 Å². The van der Waals surface area contributed by atoms with Crippen molar-refractivity contribution in [2.45, 2.75) is 12.5 Å². The van der Waals surface area contributed by atoms with Gasteiger partial charge in [0.05, 0.1) is 32.5 Å². The molecule has 0 spiro atoms. The van der Waals surface area contributed by atoms with Gasteiger partial charge in [-0.25, -0.2) is 0 Å². The first-order valence-corrected chi connectivity index (χ1v) is 8.09. The monoisotopic (exact) mass is 365 g/mol. The van der Waals surface area contributed by atoms with Gasteiger partial charge in [-0.2, -0.15) is 0 Å². The minimum Gasteiger partial charge on any atom is -0.497 e. The fourth-order valence-corrected chi connectivity index (χ4v) is 2.85. The molecule has 2 rings (SSSR count). The topological polar surface area (TPSA) is 108 Å². The number of ether oxygens (including phenoxy) is 2. The van der Waals surface area contributed by atoms with Gasteiger partial charge in [0, 0.05) is 24.7 Å². The fourth-order valence-electron chi connectivity index (χ4n) is 2.85. The van der Waals surface area contributed by atoms with Gasteiger partial charge >= 0.3 is 5.97 Å². The van der Waals surface area contributed by atoms with Crippen molar-refractivity contribution in [1.82, 2.24) is 10.2 Å². The summed E-state index contributed by atoms with van der Waals surface area (Å²) < 4.78 is 10.5. The summed E-state index contributed by atoms with van der Waals surface area (Å²) in [7, 11) is 4.74. The summed E-state index contributed by atoms with van der Waals surface area (Å²) in [6.45, 7) is 0.000874. The van der Waals surface area contributed by atoms with Crippen molar-refractivity contribution in [3.63, 3.8) is 0 Å². The first-order chi connectivity index (χ1) is 12.3. The molecule has 26 heavy (non-hydrogen) atoms. The third kappa shape index (κ3) is 4.63. The Morgan fingerprint density at radius 2 is 1.88 bits per heavy atom. The van der Waals surface area contributed by atoms with E-state index in [2.05, 4.69) is 5.32 Å². The summed E-state index contributed by atoms with van der Waals surface area (Å²) in [5.41, 5.74) is 0.664. The number of carbonyl (C=O) groups is 3. The average molecular weight is 365 g/mol. The van der Waals surface area contributed by atoms with E-state index in [1.165, 1.54) is 14.2 Å². The zero-order valence-electron chi connectivity index (χ0n) is 15.0. The highest BCUT2D eigenvalue weighted by Gasteiger charge is 2.36. The molecule has 2 amide bonds. The molecule has 0 saturated carbocycles. The highest BCUT2D eigenvalue weighted by atomic mass is 16.5. The van der Waals surface area contributed by atoms with Crippen LogP contribution in [0, 0.1) is 0 Å². The summed E-state index contributed by atoms with van der Waals surface area (Å²) in [5.74, 6) is -0.525. The van der Waals surface area contributed by atoms with E-state index in [4.69, 9.17) is 14.6 Å². The van der Waals surface area contributed by atoms with Gasteiger partial charge in [0.15, 0.2) is 0 Å². The molecule has 9 nitrogen and oxygen atoms in total. The Morgan fingerprint density at radius 3 is 2.42 bits per heavy atom. The second-order valence-corrected chi connectivity index (χ2v) is 5.95. The number of benzene rings is 1. The first kappa shape index (κ1) is 19.5. The number of aliphatic carboxylic acids is 1. The zero-order chi connectivity index (χ0) is 19.3. The lowest BCUT2D eigenvalue weighted by Gasteiger charge is -2.23. The van der Waals surface area contributed by atoms with Gasteiger partial charge in [0.25, 0.3) is 0 Å². The van der Waals surface area contributed by atoms with Gasteiger partial charge in [-0.1, -0.05) is 0 Å². The second-order valence-electron chi connectivity index (χ2n) is 5.95. The lowest BCUT2D eigenvalue weighted by Crippen LogP contribution is -2.45. The first-order valence-electron chi connectivity index (χ1n) is 8.09. The number of carboxylic acids is 1. The number of carboxylic acid groups (broad SMARTS) is 1. The predicted octanol–water partition coefficient (Wildman–Crippen LogP) is -0.0583. The number of amides is 2. The molecule has 1 aliphatic rings. The molecule has 1 fully saturated rings. The molecular weight excluding hydrogens is 342 g/mol. The number of likely N-dealkylation sites (N-methyl/N-ethyl adjacent to an activating group) is 1. The van der Waals surface area contributed by atoms with Crippen molar-refractivity contribution in [2.75, 3.05) is 45.8 Å². The van der Waals surface area contributed by atoms with Crippen LogP contribution < -0.4 is 19.7 Å². The Bertz CT molecular complexity index is 671. The Labute approximate surface area is 151 Å². The van der Waals surface area contributed by atoms with Crippen LogP contribution in [-0.2, 0) is 14.4 Å². The van der Waals surface area contributed by atoms with Crippen LogP contribution >= 0.6 is 0 Å². The SMILES string of the molecule is COc1cc(OC)cc(N2CCC(N(C)CC(=O)NCC(=O)O)C2=O)c1. The van der Waals surface area contributed by atoms with Crippen LogP contribution in [0.4, 0.5) is 5.69 Å². The Morgan fingerprint density at radius 1 is 1.27 bits per heavy atom. The van der Waals surface area contributed by atoms with Crippen molar-refractivity contribution in [2.24, 2.45) is 0 Å². The molecule has 1 aliphatic heterocycles.